The Morgan fingerprint density at radius 3 is 2.33 bits per heavy atom. The van der Waals surface area contributed by atoms with E-state index in [-0.39, 0.29) is 16.3 Å². The van der Waals surface area contributed by atoms with Crippen LogP contribution in [0.1, 0.15) is 29.5 Å². The Balaban J connectivity index is 2.02. The van der Waals surface area contributed by atoms with Crippen LogP contribution in [0, 0.1) is 30.9 Å². The third kappa shape index (κ3) is 3.81. The number of sulfonamides is 1. The third-order valence-electron chi connectivity index (χ3n) is 4.81. The fourth-order valence-electron chi connectivity index (χ4n) is 3.19. The first-order valence-electron chi connectivity index (χ1n) is 8.74. The molecule has 0 radical (unpaired) electrons. The predicted octanol–water partition coefficient (Wildman–Crippen LogP) is 4.10. The first-order valence-corrected chi connectivity index (χ1v) is 10.2. The van der Waals surface area contributed by atoms with E-state index in [2.05, 4.69) is 0 Å². The minimum Gasteiger partial charge on any atom is -0.450 e. The van der Waals surface area contributed by atoms with Crippen molar-refractivity contribution in [3.8, 4) is 11.5 Å². The highest BCUT2D eigenvalue weighted by Crippen LogP contribution is 2.36. The van der Waals surface area contributed by atoms with E-state index in [0.29, 0.717) is 18.8 Å². The van der Waals surface area contributed by atoms with Crippen LogP contribution in [0.5, 0.6) is 11.5 Å². The molecule has 3 rings (SSSR count). The van der Waals surface area contributed by atoms with E-state index in [1.54, 1.807) is 6.07 Å². The Labute approximate surface area is 158 Å². The zero-order valence-electron chi connectivity index (χ0n) is 15.6. The van der Waals surface area contributed by atoms with Gasteiger partial charge in [-0.1, -0.05) is 6.07 Å². The molecule has 0 bridgehead atoms. The van der Waals surface area contributed by atoms with Crippen molar-refractivity contribution >= 4 is 15.7 Å². The minimum absolute atomic E-state index is 0.0217. The van der Waals surface area contributed by atoms with Gasteiger partial charge in [0.05, 0.1) is 9.82 Å². The second-order valence-corrected chi connectivity index (χ2v) is 8.74. The molecule has 0 amide bonds. The summed E-state index contributed by atoms with van der Waals surface area (Å²) in [4.78, 5) is 10.9. The quantitative estimate of drug-likeness (QED) is 0.566. The zero-order chi connectivity index (χ0) is 19.8. The summed E-state index contributed by atoms with van der Waals surface area (Å²) in [6, 6.07) is 7.62. The van der Waals surface area contributed by atoms with Gasteiger partial charge in [0, 0.05) is 19.2 Å². The molecule has 1 saturated heterocycles. The molecule has 0 unspecified atom stereocenters. The maximum Gasteiger partial charge on any atom is 0.312 e. The van der Waals surface area contributed by atoms with Crippen LogP contribution in [-0.4, -0.2) is 30.7 Å². The molecule has 0 N–H and O–H groups in total. The number of nitro groups is 1. The van der Waals surface area contributed by atoms with Gasteiger partial charge in [0.15, 0.2) is 0 Å². The van der Waals surface area contributed by atoms with E-state index in [1.807, 2.05) is 26.8 Å². The van der Waals surface area contributed by atoms with Crippen LogP contribution in [-0.2, 0) is 10.0 Å². The van der Waals surface area contributed by atoms with Crippen molar-refractivity contribution in [1.29, 1.82) is 0 Å². The van der Waals surface area contributed by atoms with Crippen molar-refractivity contribution in [2.24, 2.45) is 0 Å². The van der Waals surface area contributed by atoms with Crippen molar-refractivity contribution < 1.29 is 18.1 Å². The lowest BCUT2D eigenvalue weighted by Gasteiger charge is -2.16. The lowest BCUT2D eigenvalue weighted by atomic mass is 10.1. The molecule has 2 aromatic rings. The highest BCUT2D eigenvalue weighted by atomic mass is 32.2. The Kier molecular flexibility index (Phi) is 5.21. The highest BCUT2D eigenvalue weighted by molar-refractivity contribution is 7.89. The largest absolute Gasteiger partial charge is 0.450 e. The van der Waals surface area contributed by atoms with Gasteiger partial charge >= 0.3 is 5.69 Å². The monoisotopic (exact) mass is 390 g/mol. The Morgan fingerprint density at radius 1 is 1.04 bits per heavy atom. The fourth-order valence-corrected chi connectivity index (χ4v) is 4.73. The van der Waals surface area contributed by atoms with Gasteiger partial charge in [0.2, 0.25) is 15.8 Å². The van der Waals surface area contributed by atoms with Gasteiger partial charge in [-0.2, -0.15) is 4.31 Å². The van der Waals surface area contributed by atoms with Gasteiger partial charge in [-0.15, -0.1) is 0 Å². The van der Waals surface area contributed by atoms with Crippen molar-refractivity contribution in [3.63, 3.8) is 0 Å². The zero-order valence-corrected chi connectivity index (χ0v) is 16.4. The molecule has 2 aromatic carbocycles. The molecule has 27 heavy (non-hydrogen) atoms. The second kappa shape index (κ2) is 7.28. The van der Waals surface area contributed by atoms with E-state index < -0.39 is 14.9 Å². The molecule has 0 spiro atoms. The van der Waals surface area contributed by atoms with Crippen LogP contribution in [0.3, 0.4) is 0 Å². The average Bonchev–Trinajstić information content (AvgIpc) is 3.14. The van der Waals surface area contributed by atoms with Gasteiger partial charge in [0.25, 0.3) is 0 Å². The molecule has 1 aliphatic rings. The topological polar surface area (TPSA) is 89.8 Å². The smallest absolute Gasteiger partial charge is 0.312 e. The third-order valence-corrected chi connectivity index (χ3v) is 6.71. The number of benzene rings is 2. The first kappa shape index (κ1) is 19.3. The minimum atomic E-state index is -3.73. The summed E-state index contributed by atoms with van der Waals surface area (Å²) in [5, 5.41) is 11.5. The van der Waals surface area contributed by atoms with E-state index in [0.717, 1.165) is 35.6 Å². The van der Waals surface area contributed by atoms with Crippen molar-refractivity contribution in [1.82, 2.24) is 4.31 Å². The summed E-state index contributed by atoms with van der Waals surface area (Å²) >= 11 is 0. The lowest BCUT2D eigenvalue weighted by molar-refractivity contribution is -0.385. The first-order chi connectivity index (χ1) is 12.7. The maximum absolute atomic E-state index is 12.7. The normalized spacial score (nSPS) is 15.1. The Morgan fingerprint density at radius 2 is 1.70 bits per heavy atom. The summed E-state index contributed by atoms with van der Waals surface area (Å²) < 4.78 is 32.5. The van der Waals surface area contributed by atoms with Crippen LogP contribution in [0.4, 0.5) is 5.69 Å². The summed E-state index contributed by atoms with van der Waals surface area (Å²) in [6.45, 7) is 6.61. The lowest BCUT2D eigenvalue weighted by Crippen LogP contribution is -2.27. The van der Waals surface area contributed by atoms with Crippen LogP contribution < -0.4 is 4.74 Å². The predicted molar refractivity (Wildman–Crippen MR) is 102 cm³/mol. The van der Waals surface area contributed by atoms with Crippen molar-refractivity contribution in [2.75, 3.05) is 13.1 Å². The van der Waals surface area contributed by atoms with Crippen LogP contribution >= 0.6 is 0 Å². The number of rotatable bonds is 5. The summed E-state index contributed by atoms with van der Waals surface area (Å²) in [5.41, 5.74) is 2.50. The number of ether oxygens (including phenoxy) is 1. The molecule has 1 fully saturated rings. The molecular weight excluding hydrogens is 368 g/mol. The molecule has 0 aromatic heterocycles. The number of nitro benzene ring substituents is 1. The summed E-state index contributed by atoms with van der Waals surface area (Å²) in [6.07, 6.45) is 1.60. The van der Waals surface area contributed by atoms with E-state index in [1.165, 1.54) is 16.4 Å². The van der Waals surface area contributed by atoms with Gasteiger partial charge in [0.1, 0.15) is 5.75 Å². The average molecular weight is 390 g/mol. The number of hydrogen-bond donors (Lipinski definition) is 0. The Bertz CT molecular complexity index is 995. The molecule has 0 saturated carbocycles. The van der Waals surface area contributed by atoms with Gasteiger partial charge in [-0.3, -0.25) is 10.1 Å². The molecule has 7 nitrogen and oxygen atoms in total. The SMILES string of the molecule is Cc1cc(C)c(C)c(Oc2ccc(S(=O)(=O)N3CCCC3)cc2[N+](=O)[O-])c1. The van der Waals surface area contributed by atoms with Crippen molar-refractivity contribution in [3.05, 3.63) is 57.1 Å². The van der Waals surface area contributed by atoms with E-state index >= 15 is 0 Å². The molecule has 1 heterocycles. The van der Waals surface area contributed by atoms with Crippen LogP contribution in [0.2, 0.25) is 0 Å². The fraction of sp³-hybridized carbons (Fsp3) is 0.368. The van der Waals surface area contributed by atoms with Crippen LogP contribution in [0.15, 0.2) is 35.2 Å². The standard InChI is InChI=1S/C19H22N2O5S/c1-13-10-14(2)15(3)19(11-13)26-18-7-6-16(12-17(18)21(22)23)27(24,25)20-8-4-5-9-20/h6-7,10-12H,4-5,8-9H2,1-3H3. The second-order valence-electron chi connectivity index (χ2n) is 6.80. The summed E-state index contributed by atoms with van der Waals surface area (Å²) in [7, 11) is -3.73. The molecule has 8 heteroatoms. The van der Waals surface area contributed by atoms with E-state index in [4.69, 9.17) is 4.74 Å². The van der Waals surface area contributed by atoms with Crippen molar-refractivity contribution in [2.45, 2.75) is 38.5 Å². The highest BCUT2D eigenvalue weighted by Gasteiger charge is 2.30. The van der Waals surface area contributed by atoms with Gasteiger partial charge in [-0.25, -0.2) is 8.42 Å². The van der Waals surface area contributed by atoms with E-state index in [9.17, 15) is 18.5 Å². The van der Waals surface area contributed by atoms with Gasteiger partial charge in [-0.05, 0) is 68.5 Å². The number of hydrogen-bond acceptors (Lipinski definition) is 5. The number of aryl methyl sites for hydroxylation is 2. The maximum atomic E-state index is 12.7. The molecule has 0 atom stereocenters. The molecular formula is C19H22N2O5S. The molecule has 144 valence electrons. The number of nitrogens with zero attached hydrogens (tertiary/aromatic N) is 2. The summed E-state index contributed by atoms with van der Waals surface area (Å²) in [5.74, 6) is 0.541. The Hall–Kier alpha value is -2.45. The van der Waals surface area contributed by atoms with Crippen LogP contribution in [0.25, 0.3) is 0 Å². The molecule has 0 aliphatic carbocycles. The molecule has 1 aliphatic heterocycles. The van der Waals surface area contributed by atoms with Gasteiger partial charge < -0.3 is 4.74 Å².